The molecule has 1 atom stereocenters. The molecule has 1 aromatic heterocycles. The van der Waals surface area contributed by atoms with E-state index in [4.69, 9.17) is 11.6 Å². The average Bonchev–Trinajstić information content (AvgIpc) is 2.82. The molecule has 2 aromatic rings. The van der Waals surface area contributed by atoms with Crippen LogP contribution >= 0.6 is 11.6 Å². The molecular formula is C15H19ClN2O. The zero-order valence-corrected chi connectivity index (χ0v) is 11.8. The van der Waals surface area contributed by atoms with Gasteiger partial charge in [-0.1, -0.05) is 29.8 Å². The van der Waals surface area contributed by atoms with Crippen molar-refractivity contribution < 1.29 is 5.11 Å². The number of aliphatic hydroxyl groups excluding tert-OH is 1. The summed E-state index contributed by atoms with van der Waals surface area (Å²) in [6, 6.07) is 7.82. The quantitative estimate of drug-likeness (QED) is 0.882. The van der Waals surface area contributed by atoms with Gasteiger partial charge in [0.2, 0.25) is 0 Å². The smallest absolute Gasteiger partial charge is 0.108 e. The van der Waals surface area contributed by atoms with E-state index >= 15 is 0 Å². The van der Waals surface area contributed by atoms with Gasteiger partial charge >= 0.3 is 0 Å². The van der Waals surface area contributed by atoms with Crippen LogP contribution in [0.15, 0.2) is 36.7 Å². The summed E-state index contributed by atoms with van der Waals surface area (Å²) in [6.45, 7) is 0.176. The van der Waals surface area contributed by atoms with Gasteiger partial charge in [-0.3, -0.25) is 0 Å². The van der Waals surface area contributed by atoms with E-state index in [9.17, 15) is 5.11 Å². The SMILES string of the molecule is Cn1ccnc1CCC(CO)Cc1ccccc1Cl. The summed E-state index contributed by atoms with van der Waals surface area (Å²) < 4.78 is 2.02. The van der Waals surface area contributed by atoms with Gasteiger partial charge in [-0.25, -0.2) is 4.98 Å². The Morgan fingerprint density at radius 1 is 1.37 bits per heavy atom. The van der Waals surface area contributed by atoms with Crippen LogP contribution in [0.25, 0.3) is 0 Å². The second kappa shape index (κ2) is 6.73. The summed E-state index contributed by atoms with van der Waals surface area (Å²) in [5, 5.41) is 10.3. The Balaban J connectivity index is 1.94. The molecule has 0 amide bonds. The van der Waals surface area contributed by atoms with Gasteiger partial charge in [-0.05, 0) is 30.4 Å². The Labute approximate surface area is 118 Å². The van der Waals surface area contributed by atoms with Crippen LogP contribution < -0.4 is 0 Å². The van der Waals surface area contributed by atoms with Crippen molar-refractivity contribution in [3.63, 3.8) is 0 Å². The Kier molecular flexibility index (Phi) is 5.00. The van der Waals surface area contributed by atoms with Crippen molar-refractivity contribution in [2.24, 2.45) is 13.0 Å². The summed E-state index contributed by atoms with van der Waals surface area (Å²) in [6.07, 6.45) is 6.33. The minimum absolute atomic E-state index is 0.176. The molecule has 19 heavy (non-hydrogen) atoms. The second-order valence-electron chi connectivity index (χ2n) is 4.84. The molecular weight excluding hydrogens is 260 g/mol. The highest BCUT2D eigenvalue weighted by atomic mass is 35.5. The maximum absolute atomic E-state index is 9.51. The fourth-order valence-electron chi connectivity index (χ4n) is 2.20. The van der Waals surface area contributed by atoms with Gasteiger partial charge in [0.05, 0.1) is 0 Å². The van der Waals surface area contributed by atoms with Crippen molar-refractivity contribution in [2.45, 2.75) is 19.3 Å². The van der Waals surface area contributed by atoms with Crippen molar-refractivity contribution in [3.05, 3.63) is 53.1 Å². The number of aromatic nitrogens is 2. The van der Waals surface area contributed by atoms with Gasteiger partial charge in [-0.15, -0.1) is 0 Å². The molecule has 2 rings (SSSR count). The normalized spacial score (nSPS) is 12.6. The van der Waals surface area contributed by atoms with E-state index in [1.54, 1.807) is 6.20 Å². The van der Waals surface area contributed by atoms with Crippen LogP contribution in [-0.2, 0) is 19.9 Å². The average molecular weight is 279 g/mol. The number of aryl methyl sites for hydroxylation is 2. The molecule has 0 aliphatic heterocycles. The van der Waals surface area contributed by atoms with E-state index in [2.05, 4.69) is 4.98 Å². The van der Waals surface area contributed by atoms with E-state index < -0.39 is 0 Å². The van der Waals surface area contributed by atoms with Crippen molar-refractivity contribution >= 4 is 11.6 Å². The fourth-order valence-corrected chi connectivity index (χ4v) is 2.42. The molecule has 1 unspecified atom stereocenters. The van der Waals surface area contributed by atoms with Crippen LogP contribution in [0.2, 0.25) is 5.02 Å². The first-order valence-electron chi connectivity index (χ1n) is 6.51. The first kappa shape index (κ1) is 14.1. The minimum Gasteiger partial charge on any atom is -0.396 e. The Hall–Kier alpha value is -1.32. The lowest BCUT2D eigenvalue weighted by atomic mass is 9.95. The first-order chi connectivity index (χ1) is 9.20. The molecule has 0 fully saturated rings. The maximum Gasteiger partial charge on any atom is 0.108 e. The zero-order valence-electron chi connectivity index (χ0n) is 11.1. The van der Waals surface area contributed by atoms with Crippen molar-refractivity contribution in [1.82, 2.24) is 9.55 Å². The summed E-state index contributed by atoms with van der Waals surface area (Å²) in [4.78, 5) is 4.30. The van der Waals surface area contributed by atoms with E-state index in [-0.39, 0.29) is 12.5 Å². The van der Waals surface area contributed by atoms with Crippen LogP contribution in [0.3, 0.4) is 0 Å². The zero-order chi connectivity index (χ0) is 13.7. The third-order valence-corrected chi connectivity index (χ3v) is 3.79. The summed E-state index contributed by atoms with van der Waals surface area (Å²) >= 11 is 6.15. The van der Waals surface area contributed by atoms with Crippen LogP contribution in [0.5, 0.6) is 0 Å². The molecule has 4 heteroatoms. The van der Waals surface area contributed by atoms with Gasteiger partial charge in [0.25, 0.3) is 0 Å². The van der Waals surface area contributed by atoms with E-state index in [0.717, 1.165) is 35.7 Å². The predicted molar refractivity (Wildman–Crippen MR) is 77.3 cm³/mol. The summed E-state index contributed by atoms with van der Waals surface area (Å²) in [5.41, 5.74) is 1.10. The molecule has 0 aliphatic carbocycles. The number of nitrogens with zero attached hydrogens (tertiary/aromatic N) is 2. The molecule has 1 heterocycles. The molecule has 0 saturated heterocycles. The minimum atomic E-state index is 0.176. The predicted octanol–water partition coefficient (Wildman–Crippen LogP) is 2.86. The maximum atomic E-state index is 9.51. The molecule has 0 radical (unpaired) electrons. The van der Waals surface area contributed by atoms with E-state index in [1.807, 2.05) is 42.1 Å². The van der Waals surface area contributed by atoms with Crippen molar-refractivity contribution in [1.29, 1.82) is 0 Å². The highest BCUT2D eigenvalue weighted by molar-refractivity contribution is 6.31. The van der Waals surface area contributed by atoms with Crippen LogP contribution in [0, 0.1) is 5.92 Å². The second-order valence-corrected chi connectivity index (χ2v) is 5.24. The van der Waals surface area contributed by atoms with E-state index in [1.165, 1.54) is 0 Å². The first-order valence-corrected chi connectivity index (χ1v) is 6.89. The van der Waals surface area contributed by atoms with Gasteiger partial charge < -0.3 is 9.67 Å². The molecule has 0 saturated carbocycles. The third-order valence-electron chi connectivity index (χ3n) is 3.42. The summed E-state index contributed by atoms with van der Waals surface area (Å²) in [5.74, 6) is 1.27. The lowest BCUT2D eigenvalue weighted by Gasteiger charge is -2.15. The highest BCUT2D eigenvalue weighted by Gasteiger charge is 2.12. The standard InChI is InChI=1S/C15H19ClN2O/c1-18-9-8-17-15(18)7-6-12(11-19)10-13-4-2-3-5-14(13)16/h2-5,8-9,12,19H,6-7,10-11H2,1H3. The van der Waals surface area contributed by atoms with Gasteiger partial charge in [0.1, 0.15) is 5.82 Å². The van der Waals surface area contributed by atoms with Crippen molar-refractivity contribution in [3.8, 4) is 0 Å². The number of hydrogen-bond acceptors (Lipinski definition) is 2. The van der Waals surface area contributed by atoms with Crippen molar-refractivity contribution in [2.75, 3.05) is 6.61 Å². The van der Waals surface area contributed by atoms with Crippen LogP contribution in [0.1, 0.15) is 17.8 Å². The van der Waals surface area contributed by atoms with Crippen LogP contribution in [-0.4, -0.2) is 21.3 Å². The molecule has 3 nitrogen and oxygen atoms in total. The van der Waals surface area contributed by atoms with E-state index in [0.29, 0.717) is 0 Å². The van der Waals surface area contributed by atoms with Crippen LogP contribution in [0.4, 0.5) is 0 Å². The molecule has 102 valence electrons. The highest BCUT2D eigenvalue weighted by Crippen LogP contribution is 2.21. The molecule has 0 spiro atoms. The number of halogens is 1. The Morgan fingerprint density at radius 2 is 2.16 bits per heavy atom. The molecule has 1 aromatic carbocycles. The Bertz CT molecular complexity index is 524. The molecule has 0 aliphatic rings. The largest absolute Gasteiger partial charge is 0.396 e. The van der Waals surface area contributed by atoms with Gasteiger partial charge in [0, 0.05) is 37.5 Å². The Morgan fingerprint density at radius 3 is 2.79 bits per heavy atom. The molecule has 0 bridgehead atoms. The lowest BCUT2D eigenvalue weighted by molar-refractivity contribution is 0.217. The lowest BCUT2D eigenvalue weighted by Crippen LogP contribution is -2.12. The molecule has 1 N–H and O–H groups in total. The fraction of sp³-hybridized carbons (Fsp3) is 0.400. The summed E-state index contributed by atoms with van der Waals surface area (Å²) in [7, 11) is 1.99. The third kappa shape index (κ3) is 3.82. The number of aliphatic hydroxyl groups is 1. The topological polar surface area (TPSA) is 38.0 Å². The number of hydrogen-bond donors (Lipinski definition) is 1. The number of imidazole rings is 1. The number of benzene rings is 1. The van der Waals surface area contributed by atoms with Gasteiger partial charge in [-0.2, -0.15) is 0 Å². The van der Waals surface area contributed by atoms with Gasteiger partial charge in [0.15, 0.2) is 0 Å². The monoisotopic (exact) mass is 278 g/mol. The number of rotatable bonds is 6.